The van der Waals surface area contributed by atoms with Gasteiger partial charge >= 0.3 is 0 Å². The molecule has 0 amide bonds. The van der Waals surface area contributed by atoms with Crippen LogP contribution in [0.4, 0.5) is 0 Å². The molecule has 0 aromatic heterocycles. The summed E-state index contributed by atoms with van der Waals surface area (Å²) in [5.74, 6) is 7.11. The molecule has 0 bridgehead atoms. The summed E-state index contributed by atoms with van der Waals surface area (Å²) in [5.41, 5.74) is 2.62. The van der Waals surface area contributed by atoms with Crippen LogP contribution >= 0.6 is 0 Å². The monoisotopic (exact) mass is 213 g/mol. The van der Waals surface area contributed by atoms with Gasteiger partial charge in [-0.05, 0) is 43.0 Å². The number of benzene rings is 1. The maximum Gasteiger partial charge on any atom is 0.0580 e. The maximum atomic E-state index is 3.19. The second-order valence-electron chi connectivity index (χ2n) is 4.33. The Morgan fingerprint density at radius 3 is 2.56 bits per heavy atom. The first-order valence-corrected chi connectivity index (χ1v) is 6.19. The molecule has 0 atom stereocenters. The number of hydrogen-bond donors (Lipinski definition) is 1. The maximum absolute atomic E-state index is 3.19. The van der Waals surface area contributed by atoms with Crippen molar-refractivity contribution in [1.82, 2.24) is 5.32 Å². The average Bonchev–Trinajstić information content (AvgIpc) is 2.24. The zero-order valence-electron chi connectivity index (χ0n) is 9.92. The van der Waals surface area contributed by atoms with Crippen molar-refractivity contribution < 1.29 is 0 Å². The minimum absolute atomic E-state index is 0.779. The molecule has 0 aliphatic heterocycles. The minimum Gasteiger partial charge on any atom is -0.306 e. The average molecular weight is 213 g/mol. The number of hydrogen-bond acceptors (Lipinski definition) is 1. The van der Waals surface area contributed by atoms with E-state index < -0.39 is 0 Å². The highest BCUT2D eigenvalue weighted by Crippen LogP contribution is 2.36. The Hall–Kier alpha value is -1.26. The second-order valence-corrected chi connectivity index (χ2v) is 4.33. The summed E-state index contributed by atoms with van der Waals surface area (Å²) in [6.45, 7) is 3.85. The lowest BCUT2D eigenvalue weighted by Crippen LogP contribution is -2.11. The normalized spacial score (nSPS) is 15.1. The number of nitrogens with one attached hydrogen (secondary N) is 1. The van der Waals surface area contributed by atoms with Gasteiger partial charge in [0.2, 0.25) is 0 Å². The van der Waals surface area contributed by atoms with Gasteiger partial charge in [-0.3, -0.25) is 0 Å². The summed E-state index contributed by atoms with van der Waals surface area (Å²) in [6, 6.07) is 8.77. The third kappa shape index (κ3) is 2.87. The van der Waals surface area contributed by atoms with Gasteiger partial charge in [0.25, 0.3) is 0 Å². The molecule has 1 aromatic carbocycles. The molecular weight excluding hydrogens is 194 g/mol. The summed E-state index contributed by atoms with van der Waals surface area (Å²) in [4.78, 5) is 0. The summed E-state index contributed by atoms with van der Waals surface area (Å²) >= 11 is 0. The summed E-state index contributed by atoms with van der Waals surface area (Å²) in [7, 11) is 0. The van der Waals surface area contributed by atoms with E-state index in [1.165, 1.54) is 24.8 Å². The van der Waals surface area contributed by atoms with Crippen LogP contribution < -0.4 is 5.32 Å². The minimum atomic E-state index is 0.779. The topological polar surface area (TPSA) is 12.0 Å². The molecular formula is C15H19N. The third-order valence-corrected chi connectivity index (χ3v) is 3.18. The van der Waals surface area contributed by atoms with Crippen molar-refractivity contribution in [3.63, 3.8) is 0 Å². The fourth-order valence-corrected chi connectivity index (χ4v) is 1.91. The molecule has 2 rings (SSSR count). The highest BCUT2D eigenvalue weighted by atomic mass is 14.8. The van der Waals surface area contributed by atoms with Crippen LogP contribution in [0.2, 0.25) is 0 Å². The molecule has 0 saturated heterocycles. The lowest BCUT2D eigenvalue weighted by molar-refractivity contribution is 0.420. The van der Waals surface area contributed by atoms with Gasteiger partial charge in [-0.2, -0.15) is 0 Å². The van der Waals surface area contributed by atoms with Crippen molar-refractivity contribution in [2.24, 2.45) is 0 Å². The Morgan fingerprint density at radius 1 is 1.25 bits per heavy atom. The van der Waals surface area contributed by atoms with E-state index in [4.69, 9.17) is 0 Å². The van der Waals surface area contributed by atoms with E-state index >= 15 is 0 Å². The molecule has 0 unspecified atom stereocenters. The van der Waals surface area contributed by atoms with Gasteiger partial charge in [0.05, 0.1) is 6.54 Å². The predicted octanol–water partition coefficient (Wildman–Crippen LogP) is 2.92. The van der Waals surface area contributed by atoms with Gasteiger partial charge in [0.1, 0.15) is 0 Å². The Bertz CT molecular complexity index is 376. The Kier molecular flexibility index (Phi) is 4.02. The SMILES string of the molecule is CCNCC#Cc1ccc(C2CCC2)cc1. The molecule has 0 spiro atoms. The van der Waals surface area contributed by atoms with Gasteiger partial charge < -0.3 is 5.32 Å². The summed E-state index contributed by atoms with van der Waals surface area (Å²) < 4.78 is 0. The van der Waals surface area contributed by atoms with Crippen molar-refractivity contribution in [2.45, 2.75) is 32.1 Å². The zero-order chi connectivity index (χ0) is 11.2. The van der Waals surface area contributed by atoms with Crippen LogP contribution in [0, 0.1) is 11.8 Å². The molecule has 1 N–H and O–H groups in total. The van der Waals surface area contributed by atoms with Crippen LogP contribution in [-0.4, -0.2) is 13.1 Å². The van der Waals surface area contributed by atoms with E-state index in [1.54, 1.807) is 0 Å². The van der Waals surface area contributed by atoms with Gasteiger partial charge in [-0.15, -0.1) is 0 Å². The van der Waals surface area contributed by atoms with E-state index in [0.29, 0.717) is 0 Å². The van der Waals surface area contributed by atoms with E-state index in [1.807, 2.05) is 0 Å². The molecule has 84 valence electrons. The second kappa shape index (κ2) is 5.72. The fraction of sp³-hybridized carbons (Fsp3) is 0.467. The largest absolute Gasteiger partial charge is 0.306 e. The fourth-order valence-electron chi connectivity index (χ4n) is 1.91. The van der Waals surface area contributed by atoms with Crippen LogP contribution in [0.3, 0.4) is 0 Å². The van der Waals surface area contributed by atoms with Gasteiger partial charge in [0.15, 0.2) is 0 Å². The third-order valence-electron chi connectivity index (χ3n) is 3.18. The lowest BCUT2D eigenvalue weighted by atomic mass is 9.80. The van der Waals surface area contributed by atoms with Crippen LogP contribution in [0.5, 0.6) is 0 Å². The first kappa shape index (κ1) is 11.2. The van der Waals surface area contributed by atoms with Gasteiger partial charge in [-0.1, -0.05) is 37.3 Å². The van der Waals surface area contributed by atoms with Crippen molar-refractivity contribution in [3.05, 3.63) is 35.4 Å². The highest BCUT2D eigenvalue weighted by Gasteiger charge is 2.18. The van der Waals surface area contributed by atoms with E-state index in [2.05, 4.69) is 48.3 Å². The van der Waals surface area contributed by atoms with Crippen molar-refractivity contribution >= 4 is 0 Å². The predicted molar refractivity (Wildman–Crippen MR) is 68.5 cm³/mol. The Labute approximate surface area is 98.3 Å². The molecule has 1 heteroatoms. The Balaban J connectivity index is 1.92. The molecule has 1 saturated carbocycles. The molecule has 1 aliphatic carbocycles. The molecule has 0 radical (unpaired) electrons. The first-order valence-electron chi connectivity index (χ1n) is 6.19. The summed E-state index contributed by atoms with van der Waals surface area (Å²) in [6.07, 6.45) is 4.13. The summed E-state index contributed by atoms with van der Waals surface area (Å²) in [5, 5.41) is 3.19. The Morgan fingerprint density at radius 2 is 2.00 bits per heavy atom. The van der Waals surface area contributed by atoms with E-state index in [0.717, 1.165) is 24.6 Å². The molecule has 16 heavy (non-hydrogen) atoms. The van der Waals surface area contributed by atoms with Crippen LogP contribution in [0.1, 0.15) is 43.2 Å². The lowest BCUT2D eigenvalue weighted by Gasteiger charge is -2.25. The molecule has 0 heterocycles. The van der Waals surface area contributed by atoms with Gasteiger partial charge in [-0.25, -0.2) is 0 Å². The molecule has 1 fully saturated rings. The van der Waals surface area contributed by atoms with Crippen molar-refractivity contribution in [1.29, 1.82) is 0 Å². The molecule has 1 aliphatic rings. The van der Waals surface area contributed by atoms with Crippen molar-refractivity contribution in [2.75, 3.05) is 13.1 Å². The van der Waals surface area contributed by atoms with Crippen LogP contribution in [-0.2, 0) is 0 Å². The molecule has 1 nitrogen and oxygen atoms in total. The smallest absolute Gasteiger partial charge is 0.0580 e. The zero-order valence-corrected chi connectivity index (χ0v) is 9.92. The highest BCUT2D eigenvalue weighted by molar-refractivity contribution is 5.37. The molecule has 1 aromatic rings. The standard InChI is InChI=1S/C15H19N/c1-2-16-12-4-5-13-8-10-15(11-9-13)14-6-3-7-14/h8-11,14,16H,2-3,6-7,12H2,1H3. The van der Waals surface area contributed by atoms with Gasteiger partial charge in [0, 0.05) is 5.56 Å². The van der Waals surface area contributed by atoms with Crippen LogP contribution in [0.15, 0.2) is 24.3 Å². The van der Waals surface area contributed by atoms with E-state index in [9.17, 15) is 0 Å². The first-order chi connectivity index (χ1) is 7.90. The van der Waals surface area contributed by atoms with E-state index in [-0.39, 0.29) is 0 Å². The quantitative estimate of drug-likeness (QED) is 0.601. The van der Waals surface area contributed by atoms with Crippen LogP contribution in [0.25, 0.3) is 0 Å². The number of rotatable bonds is 3. The van der Waals surface area contributed by atoms with Crippen molar-refractivity contribution in [3.8, 4) is 11.8 Å².